The lowest BCUT2D eigenvalue weighted by molar-refractivity contribution is -0.142. The molecule has 6 amide bonds. The average Bonchev–Trinajstić information content (AvgIpc) is 3.91. The van der Waals surface area contributed by atoms with E-state index in [1.165, 1.54) is 24.1 Å². The van der Waals surface area contributed by atoms with E-state index >= 15 is 0 Å². The van der Waals surface area contributed by atoms with Gasteiger partial charge in [-0.2, -0.15) is 4.31 Å². The maximum Gasteiger partial charge on any atom is 0.326 e. The number of nitrogens with zero attached hydrogens (tertiary/aromatic N) is 3. The molecule has 4 aromatic carbocycles. The van der Waals surface area contributed by atoms with Crippen molar-refractivity contribution in [3.05, 3.63) is 119 Å². The van der Waals surface area contributed by atoms with E-state index in [1.807, 2.05) is 51.1 Å². The number of benzene rings is 4. The Balaban J connectivity index is 1.01. The highest BCUT2D eigenvalue weighted by Crippen LogP contribution is 2.31. The molecule has 17 heteroatoms. The molecule has 63 heavy (non-hydrogen) atoms. The summed E-state index contributed by atoms with van der Waals surface area (Å²) in [5, 5.41) is 20.8. The lowest BCUT2D eigenvalue weighted by atomic mass is 9.96. The number of nitrogens with one attached hydrogen (secondary N) is 4. The Bertz CT molecular complexity index is 2460. The van der Waals surface area contributed by atoms with E-state index in [0.29, 0.717) is 47.6 Å². The summed E-state index contributed by atoms with van der Waals surface area (Å²) >= 11 is 0. The molecular weight excluding hydrogens is 827 g/mol. The van der Waals surface area contributed by atoms with E-state index in [2.05, 4.69) is 21.3 Å². The zero-order valence-corrected chi connectivity index (χ0v) is 36.5. The van der Waals surface area contributed by atoms with Gasteiger partial charge in [0.05, 0.1) is 17.9 Å². The molecule has 0 radical (unpaired) electrons. The van der Waals surface area contributed by atoms with E-state index < -0.39 is 52.0 Å². The Kier molecular flexibility index (Phi) is 14.6. The number of carboxylic acids is 1. The van der Waals surface area contributed by atoms with Crippen molar-refractivity contribution in [1.29, 1.82) is 0 Å². The third-order valence-electron chi connectivity index (χ3n) is 11.7. The van der Waals surface area contributed by atoms with Crippen LogP contribution >= 0.6 is 0 Å². The number of rotatable bonds is 17. The van der Waals surface area contributed by atoms with Gasteiger partial charge < -0.3 is 36.2 Å². The molecule has 0 spiro atoms. The van der Waals surface area contributed by atoms with E-state index in [1.54, 1.807) is 59.5 Å². The van der Waals surface area contributed by atoms with Crippen LogP contribution in [0.15, 0.2) is 102 Å². The second-order valence-electron chi connectivity index (χ2n) is 15.9. The number of carbonyl (C=O) groups is 6. The van der Waals surface area contributed by atoms with E-state index in [9.17, 15) is 42.3 Å². The van der Waals surface area contributed by atoms with Gasteiger partial charge in [0.1, 0.15) is 18.1 Å². The number of amides is 6. The van der Waals surface area contributed by atoms with Gasteiger partial charge >= 0.3 is 12.0 Å². The van der Waals surface area contributed by atoms with Crippen LogP contribution in [0, 0.1) is 12.8 Å². The first kappa shape index (κ1) is 45.9. The quantitative estimate of drug-likeness (QED) is 0.0948. The van der Waals surface area contributed by atoms with E-state index in [-0.39, 0.29) is 55.0 Å². The van der Waals surface area contributed by atoms with Crippen molar-refractivity contribution >= 4 is 62.7 Å². The Morgan fingerprint density at radius 1 is 0.905 bits per heavy atom. The number of hydrogen-bond acceptors (Lipinski definition) is 8. The Labute approximate surface area is 367 Å². The number of anilines is 3. The summed E-state index contributed by atoms with van der Waals surface area (Å²) in [5.41, 5.74) is 4.76. The van der Waals surface area contributed by atoms with Gasteiger partial charge in [0.2, 0.25) is 27.7 Å². The number of aliphatic carboxylic acids is 1. The average molecular weight is 880 g/mol. The van der Waals surface area contributed by atoms with Crippen LogP contribution in [-0.4, -0.2) is 96.6 Å². The Hall–Kier alpha value is -6.59. The number of hydrogen-bond donors (Lipinski definition) is 5. The van der Waals surface area contributed by atoms with Crippen LogP contribution in [0.4, 0.5) is 21.9 Å². The normalized spacial score (nSPS) is 16.3. The largest absolute Gasteiger partial charge is 0.480 e. The van der Waals surface area contributed by atoms with Crippen LogP contribution in [0.25, 0.3) is 0 Å². The molecular formula is C46H53N7O9S. The van der Waals surface area contributed by atoms with Crippen LogP contribution < -0.4 is 26.2 Å². The van der Waals surface area contributed by atoms with Gasteiger partial charge in [-0.25, -0.2) is 18.0 Å². The SMILES string of the molecule is CCC(C)[C@@H](C(=O)NCC[C@H](NC(=O)[C@@H]1CCCN1S(=O)(=O)c1ccc(N2Cc3ccccc3C2=O)cc1)C(=O)O)N(C)C(=O)Cc1ccc(NC(=O)Nc2ccccc2C)cc1. The predicted molar refractivity (Wildman–Crippen MR) is 237 cm³/mol. The second-order valence-corrected chi connectivity index (χ2v) is 17.8. The number of aryl methyl sites for hydroxylation is 1. The van der Waals surface area contributed by atoms with Crippen LogP contribution in [0.5, 0.6) is 0 Å². The predicted octanol–water partition coefficient (Wildman–Crippen LogP) is 5.14. The summed E-state index contributed by atoms with van der Waals surface area (Å²) in [6.07, 6.45) is 0.889. The van der Waals surface area contributed by atoms with Crippen LogP contribution in [0.3, 0.4) is 0 Å². The first-order valence-corrected chi connectivity index (χ1v) is 22.3. The second kappa shape index (κ2) is 20.1. The van der Waals surface area contributed by atoms with Gasteiger partial charge in [-0.05, 0) is 97.3 Å². The van der Waals surface area contributed by atoms with E-state index in [4.69, 9.17) is 0 Å². The summed E-state index contributed by atoms with van der Waals surface area (Å²) in [6, 6.07) is 23.4. The summed E-state index contributed by atoms with van der Waals surface area (Å²) in [5.74, 6) is -3.41. The molecule has 1 saturated heterocycles. The highest BCUT2D eigenvalue weighted by Gasteiger charge is 2.41. The lowest BCUT2D eigenvalue weighted by Crippen LogP contribution is -2.53. The van der Waals surface area contributed by atoms with Crippen molar-refractivity contribution in [2.45, 2.75) is 82.4 Å². The standard InChI is InChI=1S/C46H53N7O9S/c1-5-29(2)41(51(4)40(54)27-31-16-18-33(19-17-31)48-46(60)50-37-14-9-6-11-30(37)3)43(56)47-25-24-38(45(58)59)49-42(55)39-15-10-26-53(39)63(61,62)35-22-20-34(21-23-35)52-28-32-12-7-8-13-36(32)44(52)57/h6-9,11-14,16-23,29,38-39,41H,5,10,15,24-28H2,1-4H3,(H,47,56)(H,49,55)(H,58,59)(H2,48,50,60)/t29?,38-,39-,41-/m0/s1. The van der Waals surface area contributed by atoms with Gasteiger partial charge in [0, 0.05) is 42.8 Å². The number of para-hydroxylation sites is 1. The lowest BCUT2D eigenvalue weighted by Gasteiger charge is -2.32. The van der Waals surface area contributed by atoms with Gasteiger partial charge in [-0.3, -0.25) is 19.2 Å². The molecule has 2 aliphatic heterocycles. The first-order chi connectivity index (χ1) is 30.1. The van der Waals surface area contributed by atoms with Crippen molar-refractivity contribution in [2.75, 3.05) is 35.7 Å². The van der Waals surface area contributed by atoms with Crippen molar-refractivity contribution in [3.8, 4) is 0 Å². The molecule has 2 aliphatic rings. The minimum absolute atomic E-state index is 0.0202. The Morgan fingerprint density at radius 3 is 2.25 bits per heavy atom. The summed E-state index contributed by atoms with van der Waals surface area (Å²) in [7, 11) is -2.65. The smallest absolute Gasteiger partial charge is 0.326 e. The molecule has 1 fully saturated rings. The molecule has 0 aromatic heterocycles. The number of likely N-dealkylation sites (N-methyl/N-ethyl adjacent to an activating group) is 1. The molecule has 0 bridgehead atoms. The fourth-order valence-corrected chi connectivity index (χ4v) is 9.51. The maximum atomic E-state index is 13.8. The third-order valence-corrected chi connectivity index (χ3v) is 13.6. The van der Waals surface area contributed by atoms with Gasteiger partial charge in [-0.15, -0.1) is 0 Å². The zero-order valence-electron chi connectivity index (χ0n) is 35.7. The van der Waals surface area contributed by atoms with E-state index in [0.717, 1.165) is 15.4 Å². The van der Waals surface area contributed by atoms with Gasteiger partial charge in [-0.1, -0.05) is 68.8 Å². The minimum Gasteiger partial charge on any atom is -0.480 e. The highest BCUT2D eigenvalue weighted by atomic mass is 32.2. The zero-order chi connectivity index (χ0) is 45.4. The molecule has 1 unspecified atom stereocenters. The molecule has 6 rings (SSSR count). The number of carboxylic acid groups (broad SMARTS) is 1. The molecule has 0 aliphatic carbocycles. The molecule has 5 N–H and O–H groups in total. The fourth-order valence-electron chi connectivity index (χ4n) is 7.85. The third kappa shape index (κ3) is 10.7. The topological polar surface area (TPSA) is 215 Å². The number of sulfonamides is 1. The van der Waals surface area contributed by atoms with Crippen LogP contribution in [-0.2, 0) is 42.2 Å². The highest BCUT2D eigenvalue weighted by molar-refractivity contribution is 7.89. The maximum absolute atomic E-state index is 13.8. The molecule has 332 valence electrons. The van der Waals surface area contributed by atoms with Gasteiger partial charge in [0.25, 0.3) is 5.91 Å². The minimum atomic E-state index is -4.18. The monoisotopic (exact) mass is 879 g/mol. The molecule has 2 heterocycles. The molecule has 16 nitrogen and oxygen atoms in total. The summed E-state index contributed by atoms with van der Waals surface area (Å²) in [6.45, 7) is 5.86. The van der Waals surface area contributed by atoms with Crippen LogP contribution in [0.1, 0.15) is 66.6 Å². The fraction of sp³-hybridized carbons (Fsp3) is 0.348. The van der Waals surface area contributed by atoms with Crippen molar-refractivity contribution in [1.82, 2.24) is 19.8 Å². The molecule has 0 saturated carbocycles. The van der Waals surface area contributed by atoms with Crippen molar-refractivity contribution in [3.63, 3.8) is 0 Å². The summed E-state index contributed by atoms with van der Waals surface area (Å²) in [4.78, 5) is 81.3. The summed E-state index contributed by atoms with van der Waals surface area (Å²) < 4.78 is 28.7. The number of urea groups is 1. The van der Waals surface area contributed by atoms with Gasteiger partial charge in [0.15, 0.2) is 0 Å². The van der Waals surface area contributed by atoms with Crippen molar-refractivity contribution in [2.24, 2.45) is 5.92 Å². The van der Waals surface area contributed by atoms with Crippen LogP contribution in [0.2, 0.25) is 0 Å². The first-order valence-electron chi connectivity index (χ1n) is 20.9. The molecule has 4 atom stereocenters. The molecule has 4 aromatic rings. The van der Waals surface area contributed by atoms with Crippen molar-refractivity contribution < 1.29 is 42.3 Å². The Morgan fingerprint density at radius 2 is 1.59 bits per heavy atom. The number of fused-ring (bicyclic) bond motifs is 1. The number of carbonyl (C=O) groups excluding carboxylic acids is 5.